The minimum Gasteiger partial charge on any atom is -0.496 e. The Morgan fingerprint density at radius 1 is 1.21 bits per heavy atom. The first-order valence-corrected chi connectivity index (χ1v) is 5.68. The van der Waals surface area contributed by atoms with E-state index >= 15 is 0 Å². The Kier molecular flexibility index (Phi) is 4.23. The predicted octanol–water partition coefficient (Wildman–Crippen LogP) is 2.14. The number of para-hydroxylation sites is 1. The number of anilines is 1. The molecule has 0 aliphatic rings. The SMILES string of the molecule is COc1ccccc1/C=C/C(=O)Nc1ncccn1. The molecule has 1 aromatic heterocycles. The fourth-order valence-electron chi connectivity index (χ4n) is 1.49. The van der Waals surface area contributed by atoms with Crippen molar-refractivity contribution in [1.82, 2.24) is 9.97 Å². The molecule has 0 atom stereocenters. The number of nitrogens with zero attached hydrogens (tertiary/aromatic N) is 2. The molecule has 0 fully saturated rings. The summed E-state index contributed by atoms with van der Waals surface area (Å²) in [5.41, 5.74) is 0.828. The van der Waals surface area contributed by atoms with Gasteiger partial charge in [0, 0.05) is 24.0 Å². The van der Waals surface area contributed by atoms with E-state index in [1.165, 1.54) is 6.08 Å². The second kappa shape index (κ2) is 6.30. The fraction of sp³-hybridized carbons (Fsp3) is 0.0714. The average molecular weight is 255 g/mol. The molecule has 0 saturated heterocycles. The number of carbonyl (C=O) groups excluding carboxylic acids is 1. The molecule has 19 heavy (non-hydrogen) atoms. The van der Waals surface area contributed by atoms with Gasteiger partial charge in [0.05, 0.1) is 7.11 Å². The van der Waals surface area contributed by atoms with E-state index in [1.54, 1.807) is 31.6 Å². The van der Waals surface area contributed by atoms with Gasteiger partial charge in [-0.25, -0.2) is 9.97 Å². The van der Waals surface area contributed by atoms with E-state index in [0.717, 1.165) is 5.56 Å². The van der Waals surface area contributed by atoms with Gasteiger partial charge in [-0.2, -0.15) is 0 Å². The molecular formula is C14H13N3O2. The third kappa shape index (κ3) is 3.64. The van der Waals surface area contributed by atoms with Crippen LogP contribution in [0.2, 0.25) is 0 Å². The Balaban J connectivity index is 2.04. The van der Waals surface area contributed by atoms with Gasteiger partial charge in [0.2, 0.25) is 5.95 Å². The average Bonchev–Trinajstić information content (AvgIpc) is 2.46. The molecule has 0 radical (unpaired) electrons. The van der Waals surface area contributed by atoms with Crippen molar-refractivity contribution in [3.8, 4) is 5.75 Å². The molecule has 0 saturated carbocycles. The second-order valence-corrected chi connectivity index (χ2v) is 3.64. The molecule has 0 unspecified atom stereocenters. The topological polar surface area (TPSA) is 64.1 Å². The maximum Gasteiger partial charge on any atom is 0.250 e. The van der Waals surface area contributed by atoms with Crippen molar-refractivity contribution in [1.29, 1.82) is 0 Å². The quantitative estimate of drug-likeness (QED) is 0.850. The minimum absolute atomic E-state index is 0.275. The fourth-order valence-corrected chi connectivity index (χ4v) is 1.49. The highest BCUT2D eigenvalue weighted by atomic mass is 16.5. The van der Waals surface area contributed by atoms with Crippen LogP contribution in [0.25, 0.3) is 6.08 Å². The monoisotopic (exact) mass is 255 g/mol. The van der Waals surface area contributed by atoms with E-state index in [-0.39, 0.29) is 11.9 Å². The van der Waals surface area contributed by atoms with Gasteiger partial charge in [0.1, 0.15) is 5.75 Å². The van der Waals surface area contributed by atoms with Crippen LogP contribution in [0.3, 0.4) is 0 Å². The van der Waals surface area contributed by atoms with Crippen LogP contribution in [0.4, 0.5) is 5.95 Å². The van der Waals surface area contributed by atoms with Gasteiger partial charge in [-0.1, -0.05) is 18.2 Å². The zero-order valence-corrected chi connectivity index (χ0v) is 10.4. The summed E-state index contributed by atoms with van der Waals surface area (Å²) < 4.78 is 5.19. The summed E-state index contributed by atoms with van der Waals surface area (Å²) >= 11 is 0. The van der Waals surface area contributed by atoms with Gasteiger partial charge in [-0.3, -0.25) is 10.1 Å². The van der Waals surface area contributed by atoms with Crippen LogP contribution in [0.5, 0.6) is 5.75 Å². The van der Waals surface area contributed by atoms with Crippen molar-refractivity contribution in [3.05, 3.63) is 54.4 Å². The van der Waals surface area contributed by atoms with Gasteiger partial charge in [-0.05, 0) is 18.2 Å². The molecule has 1 aromatic carbocycles. The van der Waals surface area contributed by atoms with Crippen LogP contribution in [0.15, 0.2) is 48.8 Å². The molecule has 1 amide bonds. The summed E-state index contributed by atoms with van der Waals surface area (Å²) in [5, 5.41) is 2.56. The highest BCUT2D eigenvalue weighted by Gasteiger charge is 2.01. The number of methoxy groups -OCH3 is 1. The zero-order chi connectivity index (χ0) is 13.5. The van der Waals surface area contributed by atoms with Crippen LogP contribution in [0.1, 0.15) is 5.56 Å². The van der Waals surface area contributed by atoms with Gasteiger partial charge in [0.25, 0.3) is 5.91 Å². The van der Waals surface area contributed by atoms with Crippen molar-refractivity contribution in [3.63, 3.8) is 0 Å². The number of hydrogen-bond acceptors (Lipinski definition) is 4. The van der Waals surface area contributed by atoms with Gasteiger partial charge >= 0.3 is 0 Å². The normalized spacial score (nSPS) is 10.4. The van der Waals surface area contributed by atoms with Gasteiger partial charge < -0.3 is 4.74 Å². The molecule has 0 spiro atoms. The van der Waals surface area contributed by atoms with Crippen LogP contribution in [-0.2, 0) is 4.79 Å². The Bertz CT molecular complexity index is 582. The molecule has 1 heterocycles. The zero-order valence-electron chi connectivity index (χ0n) is 10.4. The van der Waals surface area contributed by atoms with E-state index in [9.17, 15) is 4.79 Å². The second-order valence-electron chi connectivity index (χ2n) is 3.64. The lowest BCUT2D eigenvalue weighted by atomic mass is 10.2. The molecule has 5 nitrogen and oxygen atoms in total. The third-order valence-corrected chi connectivity index (χ3v) is 2.35. The van der Waals surface area contributed by atoms with Crippen LogP contribution in [-0.4, -0.2) is 23.0 Å². The van der Waals surface area contributed by atoms with E-state index in [0.29, 0.717) is 5.75 Å². The van der Waals surface area contributed by atoms with Crippen molar-refractivity contribution in [2.75, 3.05) is 12.4 Å². The van der Waals surface area contributed by atoms with E-state index in [2.05, 4.69) is 15.3 Å². The highest BCUT2D eigenvalue weighted by molar-refractivity contribution is 6.01. The molecule has 2 rings (SSSR count). The number of ether oxygens (including phenoxy) is 1. The molecule has 0 aliphatic carbocycles. The van der Waals surface area contributed by atoms with Crippen LogP contribution in [0, 0.1) is 0 Å². The standard InChI is InChI=1S/C14H13N3O2/c1-19-12-6-3-2-5-11(12)7-8-13(18)17-14-15-9-4-10-16-14/h2-10H,1H3,(H,15,16,17,18)/b8-7+. The van der Waals surface area contributed by atoms with Crippen molar-refractivity contribution >= 4 is 17.9 Å². The molecule has 0 aliphatic heterocycles. The van der Waals surface area contributed by atoms with Gasteiger partial charge in [-0.15, -0.1) is 0 Å². The van der Waals surface area contributed by atoms with Crippen molar-refractivity contribution < 1.29 is 9.53 Å². The maximum absolute atomic E-state index is 11.7. The number of carbonyl (C=O) groups is 1. The van der Waals surface area contributed by atoms with E-state index < -0.39 is 0 Å². The summed E-state index contributed by atoms with van der Waals surface area (Å²) in [4.78, 5) is 19.5. The van der Waals surface area contributed by atoms with Crippen molar-refractivity contribution in [2.45, 2.75) is 0 Å². The largest absolute Gasteiger partial charge is 0.496 e. The summed E-state index contributed by atoms with van der Waals surface area (Å²) in [6.07, 6.45) is 6.21. The molecule has 1 N–H and O–H groups in total. The lowest BCUT2D eigenvalue weighted by Crippen LogP contribution is -2.10. The van der Waals surface area contributed by atoms with Crippen LogP contribution < -0.4 is 10.1 Å². The lowest BCUT2D eigenvalue weighted by molar-refractivity contribution is -0.111. The summed E-state index contributed by atoms with van der Waals surface area (Å²) in [7, 11) is 1.59. The lowest BCUT2D eigenvalue weighted by Gasteiger charge is -2.03. The molecule has 5 heteroatoms. The molecule has 0 bridgehead atoms. The summed E-state index contributed by atoms with van der Waals surface area (Å²) in [5.74, 6) is 0.691. The van der Waals surface area contributed by atoms with Gasteiger partial charge in [0.15, 0.2) is 0 Å². The summed E-state index contributed by atoms with van der Waals surface area (Å²) in [6.45, 7) is 0. The predicted molar refractivity (Wildman–Crippen MR) is 72.7 cm³/mol. The number of hydrogen-bond donors (Lipinski definition) is 1. The number of benzene rings is 1. The molecule has 96 valence electrons. The van der Waals surface area contributed by atoms with E-state index in [4.69, 9.17) is 4.74 Å². The van der Waals surface area contributed by atoms with Crippen molar-refractivity contribution in [2.24, 2.45) is 0 Å². The van der Waals surface area contributed by atoms with E-state index in [1.807, 2.05) is 24.3 Å². The number of aromatic nitrogens is 2. The first kappa shape index (κ1) is 12.8. The Morgan fingerprint density at radius 2 is 1.95 bits per heavy atom. The first-order valence-electron chi connectivity index (χ1n) is 5.68. The minimum atomic E-state index is -0.294. The maximum atomic E-state index is 11.7. The summed E-state index contributed by atoms with van der Waals surface area (Å²) in [6, 6.07) is 9.12. The smallest absolute Gasteiger partial charge is 0.250 e. The Hall–Kier alpha value is -2.69. The number of rotatable bonds is 4. The Morgan fingerprint density at radius 3 is 2.68 bits per heavy atom. The van der Waals surface area contributed by atoms with Crippen LogP contribution >= 0.6 is 0 Å². The number of amides is 1. The first-order chi connectivity index (χ1) is 9.29. The Labute approximate surface area is 111 Å². The third-order valence-electron chi connectivity index (χ3n) is 2.35. The molecule has 2 aromatic rings. The highest BCUT2D eigenvalue weighted by Crippen LogP contribution is 2.18. The molecular weight excluding hydrogens is 242 g/mol. The number of nitrogens with one attached hydrogen (secondary N) is 1.